The van der Waals surface area contributed by atoms with Crippen molar-refractivity contribution in [1.82, 2.24) is 15.0 Å². The molecule has 0 saturated carbocycles. The van der Waals surface area contributed by atoms with E-state index in [2.05, 4.69) is 10.3 Å². The van der Waals surface area contributed by atoms with Gasteiger partial charge in [-0.3, -0.25) is 0 Å². The summed E-state index contributed by atoms with van der Waals surface area (Å²) in [5.74, 6) is 0. The molecule has 0 spiro atoms. The molecule has 0 atom stereocenters. The highest BCUT2D eigenvalue weighted by Crippen LogP contribution is 2.20. The molecule has 2 N–H and O–H groups in total. The van der Waals surface area contributed by atoms with E-state index in [1.54, 1.807) is 4.68 Å². The van der Waals surface area contributed by atoms with Gasteiger partial charge in [-0.25, -0.2) is 4.68 Å². The summed E-state index contributed by atoms with van der Waals surface area (Å²) in [4.78, 5) is 0. The summed E-state index contributed by atoms with van der Waals surface area (Å²) in [6.07, 6.45) is 0. The topological polar surface area (TPSA) is 56.7 Å². The summed E-state index contributed by atoms with van der Waals surface area (Å²) in [6.45, 7) is 4.30. The van der Waals surface area contributed by atoms with E-state index in [1.807, 2.05) is 32.0 Å². The lowest BCUT2D eigenvalue weighted by Crippen LogP contribution is -2.02. The molecule has 0 fully saturated rings. The van der Waals surface area contributed by atoms with E-state index in [0.717, 1.165) is 27.7 Å². The van der Waals surface area contributed by atoms with E-state index in [9.17, 15) is 0 Å². The third kappa shape index (κ3) is 1.81. The van der Waals surface area contributed by atoms with Crippen LogP contribution >= 0.6 is 11.6 Å². The molecule has 84 valence electrons. The van der Waals surface area contributed by atoms with E-state index in [0.29, 0.717) is 6.54 Å². The fourth-order valence-corrected chi connectivity index (χ4v) is 1.68. The smallest absolute Gasteiger partial charge is 0.0996 e. The normalized spacial score (nSPS) is 10.8. The van der Waals surface area contributed by atoms with Crippen LogP contribution in [0.4, 0.5) is 0 Å². The van der Waals surface area contributed by atoms with Crippen molar-refractivity contribution in [2.75, 3.05) is 0 Å². The van der Waals surface area contributed by atoms with Gasteiger partial charge in [-0.15, -0.1) is 5.10 Å². The van der Waals surface area contributed by atoms with Crippen molar-refractivity contribution in [2.45, 2.75) is 20.4 Å². The van der Waals surface area contributed by atoms with Crippen LogP contribution in [0.3, 0.4) is 0 Å². The van der Waals surface area contributed by atoms with Crippen LogP contribution in [0.2, 0.25) is 5.02 Å². The molecular formula is C11H13ClN4. The molecule has 0 saturated heterocycles. The number of halogens is 1. The number of rotatable bonds is 2. The summed E-state index contributed by atoms with van der Waals surface area (Å²) < 4.78 is 1.74. The second kappa shape index (κ2) is 4.23. The summed E-state index contributed by atoms with van der Waals surface area (Å²) >= 11 is 6.07. The second-order valence-corrected chi connectivity index (χ2v) is 4.08. The first-order valence-electron chi connectivity index (χ1n) is 5.01. The maximum atomic E-state index is 6.07. The van der Waals surface area contributed by atoms with Gasteiger partial charge < -0.3 is 5.73 Å². The molecule has 5 heteroatoms. The number of aromatic nitrogens is 3. The molecule has 16 heavy (non-hydrogen) atoms. The van der Waals surface area contributed by atoms with Crippen LogP contribution in [0.1, 0.15) is 17.0 Å². The Morgan fingerprint density at radius 1 is 1.38 bits per heavy atom. The molecule has 0 aliphatic rings. The van der Waals surface area contributed by atoms with Gasteiger partial charge in [0.1, 0.15) is 0 Å². The largest absolute Gasteiger partial charge is 0.325 e. The van der Waals surface area contributed by atoms with Crippen molar-refractivity contribution in [3.05, 3.63) is 40.2 Å². The minimum absolute atomic E-state index is 0.394. The number of benzene rings is 1. The first-order valence-corrected chi connectivity index (χ1v) is 5.39. The van der Waals surface area contributed by atoms with Crippen molar-refractivity contribution in [2.24, 2.45) is 5.73 Å². The van der Waals surface area contributed by atoms with Crippen molar-refractivity contribution in [3.63, 3.8) is 0 Å². The average Bonchev–Trinajstić information content (AvgIpc) is 2.64. The molecule has 0 aliphatic carbocycles. The van der Waals surface area contributed by atoms with E-state index in [4.69, 9.17) is 17.3 Å². The number of nitrogens with two attached hydrogens (primary N) is 1. The maximum Gasteiger partial charge on any atom is 0.0996 e. The Bertz CT molecular complexity index is 519. The van der Waals surface area contributed by atoms with Crippen LogP contribution < -0.4 is 5.73 Å². The Labute approximate surface area is 99.0 Å². The van der Waals surface area contributed by atoms with Crippen molar-refractivity contribution < 1.29 is 0 Å². The van der Waals surface area contributed by atoms with Gasteiger partial charge in [0.2, 0.25) is 0 Å². The predicted molar refractivity (Wildman–Crippen MR) is 63.7 cm³/mol. The third-order valence-corrected chi connectivity index (χ3v) is 2.99. The Morgan fingerprint density at radius 3 is 2.69 bits per heavy atom. The van der Waals surface area contributed by atoms with Gasteiger partial charge in [-0.2, -0.15) is 0 Å². The first-order chi connectivity index (χ1) is 7.63. The molecule has 0 bridgehead atoms. The maximum absolute atomic E-state index is 6.07. The molecule has 1 aromatic carbocycles. The minimum Gasteiger partial charge on any atom is -0.325 e. The highest BCUT2D eigenvalue weighted by atomic mass is 35.5. The number of hydrogen-bond donors (Lipinski definition) is 1. The molecule has 2 aromatic rings. The van der Waals surface area contributed by atoms with Crippen molar-refractivity contribution in [1.29, 1.82) is 0 Å². The number of nitrogens with zero attached hydrogens (tertiary/aromatic N) is 3. The minimum atomic E-state index is 0.394. The van der Waals surface area contributed by atoms with Gasteiger partial charge in [0.25, 0.3) is 0 Å². The molecule has 0 aliphatic heterocycles. The fraction of sp³-hybridized carbons (Fsp3) is 0.273. The second-order valence-electron chi connectivity index (χ2n) is 3.67. The highest BCUT2D eigenvalue weighted by molar-refractivity contribution is 6.31. The zero-order chi connectivity index (χ0) is 11.7. The molecule has 0 radical (unpaired) electrons. The van der Waals surface area contributed by atoms with Gasteiger partial charge >= 0.3 is 0 Å². The van der Waals surface area contributed by atoms with Crippen molar-refractivity contribution in [3.8, 4) is 5.69 Å². The molecule has 1 heterocycles. The predicted octanol–water partition coefficient (Wildman–Crippen LogP) is 2.00. The van der Waals surface area contributed by atoms with Gasteiger partial charge in [0.15, 0.2) is 0 Å². The Balaban J connectivity index is 2.50. The van der Waals surface area contributed by atoms with E-state index >= 15 is 0 Å². The van der Waals surface area contributed by atoms with Crippen LogP contribution in [0.5, 0.6) is 0 Å². The van der Waals surface area contributed by atoms with Crippen LogP contribution in [-0.2, 0) is 6.54 Å². The van der Waals surface area contributed by atoms with Crippen LogP contribution in [0, 0.1) is 13.8 Å². The summed E-state index contributed by atoms with van der Waals surface area (Å²) in [5.41, 5.74) is 9.25. The Hall–Kier alpha value is -1.39. The summed E-state index contributed by atoms with van der Waals surface area (Å²) in [7, 11) is 0. The standard InChI is InChI=1S/C11H13ClN4/c1-7-3-4-9(5-10(7)12)16-8(2)11(6-13)14-15-16/h3-5H,6,13H2,1-2H3. The average molecular weight is 237 g/mol. The van der Waals surface area contributed by atoms with Crippen molar-refractivity contribution >= 4 is 11.6 Å². The summed E-state index contributed by atoms with van der Waals surface area (Å²) in [6, 6.07) is 5.79. The lowest BCUT2D eigenvalue weighted by atomic mass is 10.2. The van der Waals surface area contributed by atoms with Gasteiger partial charge in [0.05, 0.1) is 17.1 Å². The molecule has 0 unspecified atom stereocenters. The number of aryl methyl sites for hydroxylation is 1. The van der Waals surface area contributed by atoms with Crippen LogP contribution in [-0.4, -0.2) is 15.0 Å². The van der Waals surface area contributed by atoms with Gasteiger partial charge in [-0.05, 0) is 31.5 Å². The monoisotopic (exact) mass is 236 g/mol. The Kier molecular flexibility index (Phi) is 2.94. The quantitative estimate of drug-likeness (QED) is 0.868. The van der Waals surface area contributed by atoms with Crippen LogP contribution in [0.15, 0.2) is 18.2 Å². The summed E-state index contributed by atoms with van der Waals surface area (Å²) in [5, 5.41) is 8.79. The zero-order valence-corrected chi connectivity index (χ0v) is 9.99. The molecule has 4 nitrogen and oxygen atoms in total. The molecular weight excluding hydrogens is 224 g/mol. The van der Waals surface area contributed by atoms with E-state index in [1.165, 1.54) is 0 Å². The molecule has 2 rings (SSSR count). The zero-order valence-electron chi connectivity index (χ0n) is 9.24. The first kappa shape index (κ1) is 11.1. The van der Waals surface area contributed by atoms with Crippen LogP contribution in [0.25, 0.3) is 5.69 Å². The number of hydrogen-bond acceptors (Lipinski definition) is 3. The SMILES string of the molecule is Cc1ccc(-n2nnc(CN)c2C)cc1Cl. The third-order valence-electron chi connectivity index (χ3n) is 2.58. The van der Waals surface area contributed by atoms with Gasteiger partial charge in [0, 0.05) is 11.6 Å². The van der Waals surface area contributed by atoms with E-state index < -0.39 is 0 Å². The fourth-order valence-electron chi connectivity index (χ4n) is 1.51. The Morgan fingerprint density at radius 2 is 2.12 bits per heavy atom. The van der Waals surface area contributed by atoms with E-state index in [-0.39, 0.29) is 0 Å². The molecule has 0 amide bonds. The van der Waals surface area contributed by atoms with Gasteiger partial charge in [-0.1, -0.05) is 22.9 Å². The lowest BCUT2D eigenvalue weighted by molar-refractivity contribution is 0.782. The molecule has 1 aromatic heterocycles. The highest BCUT2D eigenvalue weighted by Gasteiger charge is 2.09. The lowest BCUT2D eigenvalue weighted by Gasteiger charge is -2.05.